The Balaban J connectivity index is 1.63. The molecular weight excluding hydrogens is 752 g/mol. The molecule has 1 saturated heterocycles. The van der Waals surface area contributed by atoms with E-state index in [1.807, 2.05) is 0 Å². The van der Waals surface area contributed by atoms with Crippen LogP contribution in [0.25, 0.3) is 5.70 Å². The molecule has 18 nitrogen and oxygen atoms in total. The highest BCUT2D eigenvalue weighted by Crippen LogP contribution is 2.57. The van der Waals surface area contributed by atoms with Crippen LogP contribution >= 0.6 is 0 Å². The van der Waals surface area contributed by atoms with E-state index < -0.39 is 136 Å². The van der Waals surface area contributed by atoms with E-state index in [4.69, 9.17) is 29.4 Å². The highest BCUT2D eigenvalue weighted by Gasteiger charge is 2.73. The van der Waals surface area contributed by atoms with Crippen LogP contribution in [-0.2, 0) is 46.1 Å². The zero-order valence-electron chi connectivity index (χ0n) is 32.1. The third-order valence-electron chi connectivity index (χ3n) is 11.7. The molecule has 0 bridgehead atoms. The Morgan fingerprint density at radius 1 is 1.05 bits per heavy atom. The van der Waals surface area contributed by atoms with Crippen molar-refractivity contribution in [2.45, 2.75) is 87.5 Å². The minimum absolute atomic E-state index is 0.00564. The first-order valence-electron chi connectivity index (χ1n) is 18.2. The van der Waals surface area contributed by atoms with Crippen LogP contribution in [0.2, 0.25) is 0 Å². The number of fused-ring (bicyclic) bond motifs is 5. The summed E-state index contributed by atoms with van der Waals surface area (Å²) in [6.45, 7) is 3.96. The second kappa shape index (κ2) is 14.9. The van der Waals surface area contributed by atoms with Gasteiger partial charge in [0.15, 0.2) is 17.4 Å². The molecule has 4 aliphatic rings. The van der Waals surface area contributed by atoms with E-state index in [1.54, 1.807) is 13.8 Å². The number of aromatic hydroxyl groups is 2. The fourth-order valence-electron chi connectivity index (χ4n) is 8.90. The number of aliphatic imine (C=N–C) groups is 1. The van der Waals surface area contributed by atoms with Crippen LogP contribution in [0.5, 0.6) is 11.5 Å². The van der Waals surface area contributed by atoms with Crippen molar-refractivity contribution in [1.82, 2.24) is 0 Å². The van der Waals surface area contributed by atoms with Gasteiger partial charge in [0.25, 0.3) is 0 Å². The summed E-state index contributed by atoms with van der Waals surface area (Å²) in [4.78, 5) is 59.9. The van der Waals surface area contributed by atoms with E-state index in [0.29, 0.717) is 0 Å². The number of benzene rings is 2. The number of carbonyl (C=O) groups is 4. The summed E-state index contributed by atoms with van der Waals surface area (Å²) < 4.78 is 26.8. The van der Waals surface area contributed by atoms with Crippen LogP contribution in [0.1, 0.15) is 85.6 Å². The molecule has 0 saturated carbocycles. The largest absolute Gasteiger partial charge is 0.507 e. The predicted octanol–water partition coefficient (Wildman–Crippen LogP) is -0.224. The molecule has 6 rings (SSSR count). The van der Waals surface area contributed by atoms with Crippen molar-refractivity contribution in [1.29, 1.82) is 0 Å². The maximum Gasteiger partial charge on any atom is 0.341 e. The van der Waals surface area contributed by atoms with E-state index in [1.165, 1.54) is 20.1 Å². The van der Waals surface area contributed by atoms with Gasteiger partial charge in [-0.05, 0) is 50.5 Å². The number of phenols is 2. The molecule has 9 atom stereocenters. The van der Waals surface area contributed by atoms with Gasteiger partial charge in [-0.1, -0.05) is 6.07 Å². The first kappa shape index (κ1) is 41.8. The van der Waals surface area contributed by atoms with Crippen molar-refractivity contribution in [3.8, 4) is 11.5 Å². The van der Waals surface area contributed by atoms with Gasteiger partial charge >= 0.3 is 11.9 Å². The van der Waals surface area contributed by atoms with Gasteiger partial charge in [0.05, 0.1) is 55.8 Å². The molecule has 9 N–H and O–H groups in total. The molecule has 0 spiro atoms. The summed E-state index contributed by atoms with van der Waals surface area (Å²) in [5.74, 6) is -7.48. The molecule has 1 aliphatic heterocycles. The van der Waals surface area contributed by atoms with Crippen LogP contribution in [0.15, 0.2) is 23.2 Å². The van der Waals surface area contributed by atoms with E-state index >= 15 is 4.79 Å². The van der Waals surface area contributed by atoms with Gasteiger partial charge in [-0.2, -0.15) is 0 Å². The minimum atomic E-state index is -3.27. The fraction of sp³-hybridized carbons (Fsp3) is 0.513. The van der Waals surface area contributed by atoms with Gasteiger partial charge in [0.1, 0.15) is 28.8 Å². The SMILES string of the molecule is CCOC(=O)CCC1(O)/C(=N\[C@H]2O[C@@H](C)[C@H](OC)[C@@H](O)[C@H]2CO)C=C(N)c2c1cc1c(c2O)C(=O)[C@]2(OC)[C@H](O)Cc3cc(C)c(C(=O)OC)c(O)c3[C@]2(O)C1=O. The van der Waals surface area contributed by atoms with Crippen LogP contribution < -0.4 is 5.73 Å². The standard InChI is InChI=1S/C39H46N2O16/c1-7-56-24(44)8-9-37(51)20-12-18-26(30(46)27(20)21(40)13-22(37)41-35-19(14-42)29(45)32(53-4)16(3)57-35)34(49)39(55-6)23(43)11-17-10-15(2)25(36(50)54-5)31(47)28(17)38(39,52)33(18)48/h10,12-13,16,19,23,29,32,35,42-43,45-47,51-52H,7-9,11,14,40H2,1-6H3/b41-22-/t16-,19+,23+,29-,32-,35-,37?,38-,39+/m0/s1. The third-order valence-corrected chi connectivity index (χ3v) is 11.7. The summed E-state index contributed by atoms with van der Waals surface area (Å²) >= 11 is 0. The fourth-order valence-corrected chi connectivity index (χ4v) is 8.90. The average molecular weight is 799 g/mol. The first-order valence-corrected chi connectivity index (χ1v) is 18.2. The van der Waals surface area contributed by atoms with Gasteiger partial charge in [-0.25, -0.2) is 4.79 Å². The lowest BCUT2D eigenvalue weighted by Crippen LogP contribution is -2.73. The molecule has 0 amide bonds. The maximum absolute atomic E-state index is 15.0. The Kier molecular flexibility index (Phi) is 10.9. The molecule has 0 radical (unpaired) electrons. The highest BCUT2D eigenvalue weighted by atomic mass is 16.6. The predicted molar refractivity (Wildman–Crippen MR) is 195 cm³/mol. The van der Waals surface area contributed by atoms with Crippen molar-refractivity contribution in [3.63, 3.8) is 0 Å². The molecule has 1 fully saturated rings. The first-order chi connectivity index (χ1) is 26.8. The summed E-state index contributed by atoms with van der Waals surface area (Å²) in [5, 5.41) is 82.0. The number of hydrogen-bond donors (Lipinski definition) is 8. The second-order valence-corrected chi connectivity index (χ2v) is 14.6. The molecule has 308 valence electrons. The molecular formula is C39H46N2O16. The van der Waals surface area contributed by atoms with Crippen molar-refractivity contribution >= 4 is 34.9 Å². The molecule has 2 aromatic rings. The zero-order chi connectivity index (χ0) is 42.1. The van der Waals surface area contributed by atoms with Crippen LogP contribution in [0.3, 0.4) is 0 Å². The Labute approximate surface area is 326 Å². The molecule has 3 aliphatic carbocycles. The molecule has 18 heteroatoms. The normalized spacial score (nSPS) is 32.5. The number of ketones is 2. The number of nitrogens with zero attached hydrogens (tertiary/aromatic N) is 1. The lowest BCUT2D eigenvalue weighted by molar-refractivity contribution is -0.207. The number of aliphatic hydroxyl groups excluding tert-OH is 3. The molecule has 2 aromatic carbocycles. The van der Waals surface area contributed by atoms with Crippen molar-refractivity contribution < 1.29 is 78.6 Å². The van der Waals surface area contributed by atoms with Crippen molar-refractivity contribution in [2.75, 3.05) is 34.5 Å². The summed E-state index contributed by atoms with van der Waals surface area (Å²) in [7, 11) is 3.33. The quantitative estimate of drug-likeness (QED) is 0.152. The summed E-state index contributed by atoms with van der Waals surface area (Å²) in [5.41, 5.74) is -5.89. The van der Waals surface area contributed by atoms with E-state index in [2.05, 4.69) is 4.99 Å². The second-order valence-electron chi connectivity index (χ2n) is 14.6. The van der Waals surface area contributed by atoms with Gasteiger partial charge in [0.2, 0.25) is 11.6 Å². The third kappa shape index (κ3) is 5.80. The highest BCUT2D eigenvalue weighted by molar-refractivity contribution is 6.25. The van der Waals surface area contributed by atoms with Crippen molar-refractivity contribution in [2.24, 2.45) is 16.6 Å². The van der Waals surface area contributed by atoms with Crippen LogP contribution in [0.4, 0.5) is 0 Å². The lowest BCUT2D eigenvalue weighted by Gasteiger charge is -2.53. The number of phenolic OH excluding ortho intramolecular Hbond substituents is 2. The number of ether oxygens (including phenoxy) is 5. The van der Waals surface area contributed by atoms with E-state index in [0.717, 1.165) is 26.4 Å². The number of Topliss-reactive ketones (excluding diaryl/α,β-unsaturated/α-hetero) is 2. The molecule has 57 heavy (non-hydrogen) atoms. The maximum atomic E-state index is 15.0. The summed E-state index contributed by atoms with van der Waals surface area (Å²) in [6, 6.07) is 2.31. The Morgan fingerprint density at radius 2 is 1.74 bits per heavy atom. The molecule has 1 unspecified atom stereocenters. The summed E-state index contributed by atoms with van der Waals surface area (Å²) in [6.07, 6.45) is -6.58. The number of aliphatic hydroxyl groups is 5. The van der Waals surface area contributed by atoms with Gasteiger partial charge < -0.3 is 65.2 Å². The van der Waals surface area contributed by atoms with Crippen molar-refractivity contribution in [3.05, 3.63) is 62.7 Å². The van der Waals surface area contributed by atoms with Crippen LogP contribution in [0, 0.1) is 12.8 Å². The molecule has 1 heterocycles. The number of methoxy groups -OCH3 is 3. The molecule has 0 aromatic heterocycles. The lowest BCUT2D eigenvalue weighted by atomic mass is 9.56. The van der Waals surface area contributed by atoms with Crippen LogP contribution in [-0.4, -0.2) is 136 Å². The smallest absolute Gasteiger partial charge is 0.341 e. The Morgan fingerprint density at radius 3 is 2.33 bits per heavy atom. The van der Waals surface area contributed by atoms with Gasteiger partial charge in [-0.15, -0.1) is 0 Å². The minimum Gasteiger partial charge on any atom is -0.507 e. The number of nitrogens with two attached hydrogens (primary N) is 1. The number of carbonyl (C=O) groups excluding carboxylic acids is 4. The number of esters is 2. The van der Waals surface area contributed by atoms with Gasteiger partial charge in [-0.3, -0.25) is 19.4 Å². The topological polar surface area (TPSA) is 294 Å². The number of aryl methyl sites for hydroxylation is 1. The van der Waals surface area contributed by atoms with Gasteiger partial charge in [0, 0.05) is 55.0 Å². The Bertz CT molecular complexity index is 2110. The Hall–Kier alpha value is -4.79. The number of rotatable bonds is 9. The zero-order valence-corrected chi connectivity index (χ0v) is 32.1. The number of hydrogen-bond acceptors (Lipinski definition) is 18. The monoisotopic (exact) mass is 798 g/mol. The van der Waals surface area contributed by atoms with E-state index in [-0.39, 0.29) is 40.3 Å². The average Bonchev–Trinajstić information content (AvgIpc) is 3.15. The van der Waals surface area contributed by atoms with E-state index in [9.17, 15) is 50.1 Å².